The fraction of sp³-hybridized carbons (Fsp3) is 0.188. The minimum atomic E-state index is -0.813. The fourth-order valence-electron chi connectivity index (χ4n) is 1.66. The number of rotatable bonds is 4. The summed E-state index contributed by atoms with van der Waals surface area (Å²) in [4.78, 5) is 10.3. The summed E-state index contributed by atoms with van der Waals surface area (Å²) in [6.07, 6.45) is 0.553. The third-order valence-electron chi connectivity index (χ3n) is 2.85. The Labute approximate surface area is 170 Å². The quantitative estimate of drug-likeness (QED) is 0.414. The lowest BCUT2D eigenvalue weighted by Crippen LogP contribution is -1.98. The third-order valence-corrected chi connectivity index (χ3v) is 5.60. The summed E-state index contributed by atoms with van der Waals surface area (Å²) in [7, 11) is 0. The number of carbonyl (C=O) groups is 1. The number of halogens is 5. The number of hydrogen-bond acceptors (Lipinski definition) is 1. The van der Waals surface area contributed by atoms with Crippen LogP contribution in [0.1, 0.15) is 17.5 Å². The standard InChI is InChI=1S/C9H8BrClO2.C7H5Br2Cl/c10-7-2-1-3-8(11)6(7)4-5-9(12)13;8-4-5-6(9)2-1-3-7(5)10/h1-3H,4-5H2,(H,12,13);1-3H,4H2. The highest BCUT2D eigenvalue weighted by atomic mass is 79.9. The van der Waals surface area contributed by atoms with Gasteiger partial charge in [-0.05, 0) is 41.8 Å². The second kappa shape index (κ2) is 10.7. The molecule has 1 N–H and O–H groups in total. The zero-order valence-electron chi connectivity index (χ0n) is 11.8. The van der Waals surface area contributed by atoms with Gasteiger partial charge in [0.2, 0.25) is 0 Å². The van der Waals surface area contributed by atoms with Crippen LogP contribution < -0.4 is 0 Å². The summed E-state index contributed by atoms with van der Waals surface area (Å²) in [5.41, 5.74) is 1.95. The van der Waals surface area contributed by atoms with E-state index in [1.807, 2.05) is 30.3 Å². The predicted molar refractivity (Wildman–Crippen MR) is 107 cm³/mol. The molecule has 2 nitrogen and oxygen atoms in total. The number of carboxylic acid groups (broad SMARTS) is 1. The summed E-state index contributed by atoms with van der Waals surface area (Å²) in [5.74, 6) is -0.813. The Morgan fingerprint density at radius 3 is 1.78 bits per heavy atom. The van der Waals surface area contributed by atoms with E-state index in [0.717, 1.165) is 30.4 Å². The average molecular weight is 548 g/mol. The Bertz CT molecular complexity index is 638. The van der Waals surface area contributed by atoms with E-state index in [9.17, 15) is 4.79 Å². The highest BCUT2D eigenvalue weighted by molar-refractivity contribution is 9.11. The topological polar surface area (TPSA) is 37.3 Å². The van der Waals surface area contributed by atoms with Crippen molar-refractivity contribution in [3.05, 3.63) is 66.5 Å². The molecule has 2 rings (SSSR count). The van der Waals surface area contributed by atoms with Crippen LogP contribution in [0.5, 0.6) is 0 Å². The summed E-state index contributed by atoms with van der Waals surface area (Å²) < 4.78 is 1.91. The highest BCUT2D eigenvalue weighted by Crippen LogP contribution is 2.26. The maximum absolute atomic E-state index is 10.3. The molecule has 0 heterocycles. The first-order chi connectivity index (χ1) is 10.9. The molecule has 2 aromatic rings. The van der Waals surface area contributed by atoms with Crippen molar-refractivity contribution in [1.29, 1.82) is 0 Å². The lowest BCUT2D eigenvalue weighted by atomic mass is 10.1. The second-order valence-corrected chi connectivity index (χ2v) is 7.51. The van der Waals surface area contributed by atoms with Crippen molar-refractivity contribution in [2.45, 2.75) is 18.2 Å². The predicted octanol–water partition coefficient (Wildman–Crippen LogP) is 7.12. The van der Waals surface area contributed by atoms with Crippen LogP contribution in [0.15, 0.2) is 45.3 Å². The van der Waals surface area contributed by atoms with E-state index in [0.29, 0.717) is 11.4 Å². The molecule has 0 saturated heterocycles. The first-order valence-corrected chi connectivity index (χ1v) is 9.96. The monoisotopic (exact) mass is 544 g/mol. The van der Waals surface area contributed by atoms with Crippen molar-refractivity contribution in [2.75, 3.05) is 0 Å². The molecule has 23 heavy (non-hydrogen) atoms. The first kappa shape index (κ1) is 21.0. The van der Waals surface area contributed by atoms with Gasteiger partial charge in [-0.1, -0.05) is 83.1 Å². The zero-order valence-corrected chi connectivity index (χ0v) is 18.1. The van der Waals surface area contributed by atoms with E-state index < -0.39 is 5.97 Å². The van der Waals surface area contributed by atoms with Crippen molar-refractivity contribution < 1.29 is 9.90 Å². The van der Waals surface area contributed by atoms with Crippen LogP contribution in [0.4, 0.5) is 0 Å². The van der Waals surface area contributed by atoms with Gasteiger partial charge in [-0.15, -0.1) is 0 Å². The normalized spacial score (nSPS) is 9.96. The van der Waals surface area contributed by atoms with Gasteiger partial charge >= 0.3 is 5.97 Å². The van der Waals surface area contributed by atoms with E-state index in [2.05, 4.69) is 47.8 Å². The first-order valence-electron chi connectivity index (χ1n) is 6.50. The molecular formula is C16H13Br3Cl2O2. The Kier molecular flexibility index (Phi) is 9.78. The van der Waals surface area contributed by atoms with Crippen molar-refractivity contribution in [2.24, 2.45) is 0 Å². The van der Waals surface area contributed by atoms with E-state index in [-0.39, 0.29) is 6.42 Å². The molecule has 0 radical (unpaired) electrons. The van der Waals surface area contributed by atoms with Gasteiger partial charge in [-0.2, -0.15) is 0 Å². The maximum Gasteiger partial charge on any atom is 0.303 e. The van der Waals surface area contributed by atoms with Crippen molar-refractivity contribution in [3.63, 3.8) is 0 Å². The maximum atomic E-state index is 10.3. The second-order valence-electron chi connectivity index (χ2n) is 4.43. The highest BCUT2D eigenvalue weighted by Gasteiger charge is 2.06. The Morgan fingerprint density at radius 1 is 0.957 bits per heavy atom. The fourth-order valence-corrected chi connectivity index (χ4v) is 4.61. The van der Waals surface area contributed by atoms with Gasteiger partial charge in [0.15, 0.2) is 0 Å². The molecule has 7 heteroatoms. The Hall–Kier alpha value is -0.0700. The van der Waals surface area contributed by atoms with Crippen molar-refractivity contribution in [1.82, 2.24) is 0 Å². The molecule has 0 aliphatic heterocycles. The lowest BCUT2D eigenvalue weighted by Gasteiger charge is -2.04. The van der Waals surface area contributed by atoms with Crippen LogP contribution in [0.25, 0.3) is 0 Å². The lowest BCUT2D eigenvalue weighted by molar-refractivity contribution is -0.136. The molecule has 124 valence electrons. The number of benzene rings is 2. The zero-order chi connectivity index (χ0) is 17.4. The molecule has 0 aliphatic carbocycles. The van der Waals surface area contributed by atoms with Gasteiger partial charge in [-0.25, -0.2) is 0 Å². The van der Waals surface area contributed by atoms with Crippen LogP contribution in [0.3, 0.4) is 0 Å². The molecule has 0 atom stereocenters. The van der Waals surface area contributed by atoms with Gasteiger partial charge in [0, 0.05) is 30.7 Å². The Morgan fingerprint density at radius 2 is 1.43 bits per heavy atom. The van der Waals surface area contributed by atoms with E-state index in [4.69, 9.17) is 28.3 Å². The van der Waals surface area contributed by atoms with Crippen LogP contribution in [-0.4, -0.2) is 11.1 Å². The van der Waals surface area contributed by atoms with E-state index in [1.54, 1.807) is 6.07 Å². The number of hydrogen-bond donors (Lipinski definition) is 1. The largest absolute Gasteiger partial charge is 0.481 e. The van der Waals surface area contributed by atoms with Gasteiger partial charge in [0.1, 0.15) is 0 Å². The molecule has 0 bridgehead atoms. The van der Waals surface area contributed by atoms with E-state index >= 15 is 0 Å². The number of carboxylic acids is 1. The summed E-state index contributed by atoms with van der Waals surface area (Å²) >= 11 is 21.8. The van der Waals surface area contributed by atoms with Crippen LogP contribution in [-0.2, 0) is 16.5 Å². The van der Waals surface area contributed by atoms with Gasteiger partial charge in [0.05, 0.1) is 0 Å². The SMILES string of the molecule is Clc1cccc(Br)c1CBr.O=C(O)CCc1c(Cl)cccc1Br. The van der Waals surface area contributed by atoms with Crippen LogP contribution >= 0.6 is 71.0 Å². The van der Waals surface area contributed by atoms with Gasteiger partial charge < -0.3 is 5.11 Å². The molecule has 0 saturated carbocycles. The molecule has 0 fully saturated rings. The minimum absolute atomic E-state index is 0.0995. The number of aliphatic carboxylic acids is 1. The molecule has 0 aliphatic rings. The molecular weight excluding hydrogens is 535 g/mol. The van der Waals surface area contributed by atoms with Crippen LogP contribution in [0.2, 0.25) is 10.0 Å². The van der Waals surface area contributed by atoms with Gasteiger partial charge in [0.25, 0.3) is 0 Å². The van der Waals surface area contributed by atoms with Crippen molar-refractivity contribution >= 4 is 77.0 Å². The van der Waals surface area contributed by atoms with Crippen LogP contribution in [0, 0.1) is 0 Å². The molecule has 0 spiro atoms. The molecule has 0 aromatic heterocycles. The summed E-state index contributed by atoms with van der Waals surface area (Å²) in [6.45, 7) is 0. The Balaban J connectivity index is 0.000000238. The van der Waals surface area contributed by atoms with Crippen molar-refractivity contribution in [3.8, 4) is 0 Å². The van der Waals surface area contributed by atoms with E-state index in [1.165, 1.54) is 0 Å². The molecule has 0 amide bonds. The third kappa shape index (κ3) is 7.14. The smallest absolute Gasteiger partial charge is 0.303 e. The molecule has 2 aromatic carbocycles. The molecule has 0 unspecified atom stereocenters. The average Bonchev–Trinajstić information content (AvgIpc) is 2.47. The number of alkyl halides is 1. The summed E-state index contributed by atoms with van der Waals surface area (Å²) in [5, 5.41) is 10.7. The summed E-state index contributed by atoms with van der Waals surface area (Å²) in [6, 6.07) is 11.2. The van der Waals surface area contributed by atoms with Gasteiger partial charge in [-0.3, -0.25) is 4.79 Å². The minimum Gasteiger partial charge on any atom is -0.481 e.